The molecule has 1 aromatic heterocycles. The van der Waals surface area contributed by atoms with E-state index in [0.29, 0.717) is 6.04 Å². The van der Waals surface area contributed by atoms with Crippen LogP contribution in [0.5, 0.6) is 0 Å². The quantitative estimate of drug-likeness (QED) is 0.712. The monoisotopic (exact) mass is 151 g/mol. The maximum atomic E-state index is 5.93. The van der Waals surface area contributed by atoms with Crippen LogP contribution in [0.4, 0.5) is 0 Å². The molecule has 0 saturated heterocycles. The van der Waals surface area contributed by atoms with E-state index in [9.17, 15) is 0 Å². The van der Waals surface area contributed by atoms with Gasteiger partial charge in [0, 0.05) is 6.04 Å². The maximum absolute atomic E-state index is 5.93. The lowest BCUT2D eigenvalue weighted by Crippen LogP contribution is -2.24. The molecule has 1 fully saturated rings. The molecule has 1 aliphatic carbocycles. The molecular weight excluding hydrogens is 138 g/mol. The summed E-state index contributed by atoms with van der Waals surface area (Å²) in [7, 11) is 0. The molecule has 1 aliphatic rings. The molecule has 11 heavy (non-hydrogen) atoms. The van der Waals surface area contributed by atoms with E-state index >= 15 is 0 Å². The summed E-state index contributed by atoms with van der Waals surface area (Å²) in [5, 5.41) is 0. The number of rotatable bonds is 3. The Morgan fingerprint density at radius 2 is 2.45 bits per heavy atom. The number of furan rings is 1. The van der Waals surface area contributed by atoms with E-state index in [1.54, 1.807) is 12.5 Å². The van der Waals surface area contributed by atoms with Crippen LogP contribution in [-0.4, -0.2) is 6.04 Å². The summed E-state index contributed by atoms with van der Waals surface area (Å²) in [6.07, 6.45) is 7.09. The Kier molecular flexibility index (Phi) is 1.70. The highest BCUT2D eigenvalue weighted by atomic mass is 16.3. The molecule has 1 unspecified atom stereocenters. The Balaban J connectivity index is 1.89. The first-order valence-corrected chi connectivity index (χ1v) is 4.13. The van der Waals surface area contributed by atoms with E-state index in [0.717, 1.165) is 12.3 Å². The first kappa shape index (κ1) is 6.92. The molecule has 0 aromatic carbocycles. The van der Waals surface area contributed by atoms with E-state index in [2.05, 4.69) is 0 Å². The van der Waals surface area contributed by atoms with Gasteiger partial charge in [-0.2, -0.15) is 0 Å². The van der Waals surface area contributed by atoms with Gasteiger partial charge in [0.05, 0.1) is 12.5 Å². The second-order valence-corrected chi connectivity index (χ2v) is 3.34. The third-order valence-electron chi connectivity index (χ3n) is 2.28. The van der Waals surface area contributed by atoms with Crippen LogP contribution in [0.3, 0.4) is 0 Å². The van der Waals surface area contributed by atoms with Crippen LogP contribution < -0.4 is 5.73 Å². The van der Waals surface area contributed by atoms with Gasteiger partial charge in [-0.15, -0.1) is 0 Å². The normalized spacial score (nSPS) is 20.1. The first-order valence-electron chi connectivity index (χ1n) is 4.13. The predicted octanol–water partition coefficient (Wildman–Crippen LogP) is 1.56. The van der Waals surface area contributed by atoms with Gasteiger partial charge in [-0.1, -0.05) is 0 Å². The highest BCUT2D eigenvalue weighted by Gasteiger charge is 2.28. The molecule has 0 bridgehead atoms. The standard InChI is InChI=1S/C9H13NO/c10-9(8-1-2-8)5-7-3-4-11-6-7/h3-4,6,8-9H,1-2,5,10H2. The van der Waals surface area contributed by atoms with E-state index in [1.807, 2.05) is 6.07 Å². The van der Waals surface area contributed by atoms with E-state index < -0.39 is 0 Å². The summed E-state index contributed by atoms with van der Waals surface area (Å²) in [6, 6.07) is 2.34. The summed E-state index contributed by atoms with van der Waals surface area (Å²) in [6.45, 7) is 0. The fourth-order valence-corrected chi connectivity index (χ4v) is 1.37. The van der Waals surface area contributed by atoms with Crippen molar-refractivity contribution < 1.29 is 4.42 Å². The average Bonchev–Trinajstić information content (AvgIpc) is 2.73. The highest BCUT2D eigenvalue weighted by Crippen LogP contribution is 2.32. The molecule has 60 valence electrons. The molecule has 2 nitrogen and oxygen atoms in total. The second-order valence-electron chi connectivity index (χ2n) is 3.34. The van der Waals surface area contributed by atoms with Crippen LogP contribution >= 0.6 is 0 Å². The zero-order valence-electron chi connectivity index (χ0n) is 6.49. The fraction of sp³-hybridized carbons (Fsp3) is 0.556. The van der Waals surface area contributed by atoms with Gasteiger partial charge >= 0.3 is 0 Å². The van der Waals surface area contributed by atoms with Gasteiger partial charge < -0.3 is 10.2 Å². The van der Waals surface area contributed by atoms with Gasteiger partial charge in [0.25, 0.3) is 0 Å². The lowest BCUT2D eigenvalue weighted by Gasteiger charge is -2.06. The van der Waals surface area contributed by atoms with Crippen molar-refractivity contribution in [2.24, 2.45) is 11.7 Å². The van der Waals surface area contributed by atoms with E-state index in [4.69, 9.17) is 10.2 Å². The van der Waals surface area contributed by atoms with E-state index in [-0.39, 0.29) is 0 Å². The van der Waals surface area contributed by atoms with Crippen LogP contribution in [0, 0.1) is 5.92 Å². The van der Waals surface area contributed by atoms with Crippen molar-refractivity contribution >= 4 is 0 Å². The molecule has 0 aliphatic heterocycles. The number of hydrogen-bond acceptors (Lipinski definition) is 2. The third-order valence-corrected chi connectivity index (χ3v) is 2.28. The fourth-order valence-electron chi connectivity index (χ4n) is 1.37. The Morgan fingerprint density at radius 3 is 3.00 bits per heavy atom. The summed E-state index contributed by atoms with van der Waals surface area (Å²) in [4.78, 5) is 0. The molecule has 1 saturated carbocycles. The van der Waals surface area contributed by atoms with E-state index in [1.165, 1.54) is 18.4 Å². The Hall–Kier alpha value is -0.760. The Labute approximate surface area is 66.4 Å². The van der Waals surface area contributed by atoms with Crippen LogP contribution in [0.2, 0.25) is 0 Å². The van der Waals surface area contributed by atoms with Crippen molar-refractivity contribution in [3.8, 4) is 0 Å². The topological polar surface area (TPSA) is 39.2 Å². The summed E-state index contributed by atoms with van der Waals surface area (Å²) >= 11 is 0. The van der Waals surface area contributed by atoms with Gasteiger partial charge in [0.1, 0.15) is 0 Å². The molecular formula is C9H13NO. The molecule has 0 spiro atoms. The SMILES string of the molecule is NC(Cc1ccoc1)C1CC1. The first-order chi connectivity index (χ1) is 5.36. The van der Waals surface area contributed by atoms with Crippen molar-refractivity contribution in [2.75, 3.05) is 0 Å². The Bertz CT molecular complexity index is 213. The molecule has 2 rings (SSSR count). The predicted molar refractivity (Wildman–Crippen MR) is 43.1 cm³/mol. The van der Waals surface area contributed by atoms with Crippen molar-refractivity contribution in [3.63, 3.8) is 0 Å². The average molecular weight is 151 g/mol. The third kappa shape index (κ3) is 1.63. The zero-order chi connectivity index (χ0) is 7.68. The van der Waals surface area contributed by atoms with Crippen LogP contribution in [0.15, 0.2) is 23.0 Å². The lowest BCUT2D eigenvalue weighted by atomic mass is 10.1. The molecule has 1 atom stereocenters. The molecule has 1 aromatic rings. The summed E-state index contributed by atoms with van der Waals surface area (Å²) in [5.74, 6) is 0.782. The largest absolute Gasteiger partial charge is 0.472 e. The van der Waals surface area contributed by atoms with Gasteiger partial charge in [-0.05, 0) is 36.8 Å². The minimum Gasteiger partial charge on any atom is -0.472 e. The molecule has 0 radical (unpaired) electrons. The van der Waals surface area contributed by atoms with Crippen molar-refractivity contribution in [1.29, 1.82) is 0 Å². The summed E-state index contributed by atoms with van der Waals surface area (Å²) in [5.41, 5.74) is 7.15. The van der Waals surface area contributed by atoms with Crippen LogP contribution in [0.25, 0.3) is 0 Å². The minimum absolute atomic E-state index is 0.354. The molecule has 2 N–H and O–H groups in total. The van der Waals surface area contributed by atoms with Crippen LogP contribution in [-0.2, 0) is 6.42 Å². The highest BCUT2D eigenvalue weighted by molar-refractivity contribution is 5.08. The van der Waals surface area contributed by atoms with Gasteiger partial charge in [0.2, 0.25) is 0 Å². The van der Waals surface area contributed by atoms with Crippen molar-refractivity contribution in [2.45, 2.75) is 25.3 Å². The van der Waals surface area contributed by atoms with Crippen molar-refractivity contribution in [1.82, 2.24) is 0 Å². The molecule has 0 amide bonds. The number of hydrogen-bond donors (Lipinski definition) is 1. The smallest absolute Gasteiger partial charge is 0.0935 e. The Morgan fingerprint density at radius 1 is 1.64 bits per heavy atom. The summed E-state index contributed by atoms with van der Waals surface area (Å²) < 4.78 is 4.96. The second kappa shape index (κ2) is 2.70. The van der Waals surface area contributed by atoms with Gasteiger partial charge in [-0.25, -0.2) is 0 Å². The zero-order valence-corrected chi connectivity index (χ0v) is 6.49. The number of nitrogens with two attached hydrogens (primary N) is 1. The van der Waals surface area contributed by atoms with Crippen molar-refractivity contribution in [3.05, 3.63) is 24.2 Å². The molecule has 2 heteroatoms. The van der Waals surface area contributed by atoms with Gasteiger partial charge in [-0.3, -0.25) is 0 Å². The minimum atomic E-state index is 0.354. The maximum Gasteiger partial charge on any atom is 0.0935 e. The van der Waals surface area contributed by atoms with Crippen LogP contribution in [0.1, 0.15) is 18.4 Å². The molecule has 1 heterocycles. The lowest BCUT2D eigenvalue weighted by molar-refractivity contribution is 0.552. The van der Waals surface area contributed by atoms with Gasteiger partial charge in [0.15, 0.2) is 0 Å².